The third-order valence-electron chi connectivity index (χ3n) is 7.32. The summed E-state index contributed by atoms with van der Waals surface area (Å²) < 4.78 is 33.0. The van der Waals surface area contributed by atoms with Crippen molar-refractivity contribution >= 4 is 21.6 Å². The number of piperazine rings is 1. The molecule has 1 amide bonds. The summed E-state index contributed by atoms with van der Waals surface area (Å²) in [5, 5.41) is 0. The molecule has 2 aliphatic rings. The van der Waals surface area contributed by atoms with Crippen LogP contribution in [0.25, 0.3) is 0 Å². The molecule has 0 radical (unpaired) electrons. The van der Waals surface area contributed by atoms with Crippen LogP contribution in [0.5, 0.6) is 5.75 Å². The number of hydrogen-bond acceptors (Lipinski definition) is 5. The predicted octanol–water partition coefficient (Wildman–Crippen LogP) is 3.37. The Balaban J connectivity index is 1.33. The standard InChI is InChI=1S/C26H35N3O4S/c1-19-6-5-7-24(21(19)3)27-14-16-28(17-15-27)26(30)22-10-12-29(13-11-22)34(31,32)23-8-9-25(33-4)20(2)18-23/h5-9,18,22H,10-17H2,1-4H3. The number of rotatable bonds is 5. The maximum absolute atomic E-state index is 13.2. The van der Waals surface area contributed by atoms with Crippen molar-refractivity contribution in [3.63, 3.8) is 0 Å². The fourth-order valence-electron chi connectivity index (χ4n) is 5.01. The number of aryl methyl sites for hydroxylation is 2. The molecule has 7 nitrogen and oxygen atoms in total. The smallest absolute Gasteiger partial charge is 0.243 e. The van der Waals surface area contributed by atoms with E-state index in [1.807, 2.05) is 11.8 Å². The van der Waals surface area contributed by atoms with Crippen molar-refractivity contribution in [3.05, 3.63) is 53.1 Å². The highest BCUT2D eigenvalue weighted by Crippen LogP contribution is 2.29. The molecule has 0 unspecified atom stereocenters. The predicted molar refractivity (Wildman–Crippen MR) is 134 cm³/mol. The maximum atomic E-state index is 13.2. The van der Waals surface area contributed by atoms with Gasteiger partial charge in [0.05, 0.1) is 12.0 Å². The number of benzene rings is 2. The summed E-state index contributed by atoms with van der Waals surface area (Å²) in [7, 11) is -2.01. The van der Waals surface area contributed by atoms with Crippen molar-refractivity contribution in [1.82, 2.24) is 9.21 Å². The lowest BCUT2D eigenvalue weighted by Gasteiger charge is -2.39. The molecule has 0 N–H and O–H groups in total. The van der Waals surface area contributed by atoms with Crippen molar-refractivity contribution in [1.29, 1.82) is 0 Å². The topological polar surface area (TPSA) is 70.2 Å². The number of ether oxygens (including phenoxy) is 1. The molecule has 2 aromatic rings. The number of sulfonamides is 1. The third-order valence-corrected chi connectivity index (χ3v) is 9.21. The fourth-order valence-corrected chi connectivity index (χ4v) is 6.56. The van der Waals surface area contributed by atoms with Crippen LogP contribution in [0.4, 0.5) is 5.69 Å². The van der Waals surface area contributed by atoms with Gasteiger partial charge in [-0.15, -0.1) is 0 Å². The van der Waals surface area contributed by atoms with Gasteiger partial charge in [-0.2, -0.15) is 4.31 Å². The first kappa shape index (κ1) is 24.5. The Morgan fingerprint density at radius 3 is 2.21 bits per heavy atom. The summed E-state index contributed by atoms with van der Waals surface area (Å²) in [6, 6.07) is 11.3. The van der Waals surface area contributed by atoms with Crippen molar-refractivity contribution < 1.29 is 17.9 Å². The van der Waals surface area contributed by atoms with Crippen LogP contribution < -0.4 is 9.64 Å². The van der Waals surface area contributed by atoms with Gasteiger partial charge in [0.2, 0.25) is 15.9 Å². The second kappa shape index (κ2) is 9.96. The molecule has 0 spiro atoms. The van der Waals surface area contributed by atoms with Gasteiger partial charge < -0.3 is 14.5 Å². The number of anilines is 1. The highest BCUT2D eigenvalue weighted by atomic mass is 32.2. The average Bonchev–Trinajstić information content (AvgIpc) is 2.85. The minimum Gasteiger partial charge on any atom is -0.496 e. The summed E-state index contributed by atoms with van der Waals surface area (Å²) in [6.45, 7) is 9.89. The number of carbonyl (C=O) groups excluding carboxylic acids is 1. The number of nitrogens with zero attached hydrogens (tertiary/aromatic N) is 3. The average molecular weight is 486 g/mol. The van der Waals surface area contributed by atoms with Gasteiger partial charge in [0.25, 0.3) is 0 Å². The van der Waals surface area contributed by atoms with E-state index in [1.54, 1.807) is 25.3 Å². The van der Waals surface area contributed by atoms with Gasteiger partial charge in [-0.3, -0.25) is 4.79 Å². The fraction of sp³-hybridized carbons (Fsp3) is 0.500. The Hall–Kier alpha value is -2.58. The quantitative estimate of drug-likeness (QED) is 0.650. The van der Waals surface area contributed by atoms with E-state index in [1.165, 1.54) is 21.1 Å². The van der Waals surface area contributed by atoms with Gasteiger partial charge in [-0.05, 0) is 74.6 Å². The van der Waals surface area contributed by atoms with E-state index in [-0.39, 0.29) is 16.7 Å². The summed E-state index contributed by atoms with van der Waals surface area (Å²) >= 11 is 0. The van der Waals surface area contributed by atoms with Crippen molar-refractivity contribution in [3.8, 4) is 5.75 Å². The van der Waals surface area contributed by atoms with Crippen LogP contribution in [-0.4, -0.2) is 69.9 Å². The zero-order valence-electron chi connectivity index (χ0n) is 20.6. The number of amides is 1. The van der Waals surface area contributed by atoms with Crippen LogP contribution in [0.3, 0.4) is 0 Å². The lowest BCUT2D eigenvalue weighted by atomic mass is 9.96. The summed E-state index contributed by atoms with van der Waals surface area (Å²) in [6.07, 6.45) is 1.12. The van der Waals surface area contributed by atoms with Gasteiger partial charge in [0, 0.05) is 50.9 Å². The SMILES string of the molecule is COc1ccc(S(=O)(=O)N2CCC(C(=O)N3CCN(c4cccc(C)c4C)CC3)CC2)cc1C. The highest BCUT2D eigenvalue weighted by molar-refractivity contribution is 7.89. The highest BCUT2D eigenvalue weighted by Gasteiger charge is 2.35. The zero-order valence-corrected chi connectivity index (χ0v) is 21.4. The molecule has 2 aromatic carbocycles. The van der Waals surface area contributed by atoms with Gasteiger partial charge in [-0.25, -0.2) is 8.42 Å². The maximum Gasteiger partial charge on any atom is 0.243 e. The molecule has 34 heavy (non-hydrogen) atoms. The summed E-state index contributed by atoms with van der Waals surface area (Å²) in [5.74, 6) is 0.718. The van der Waals surface area contributed by atoms with Crippen molar-refractivity contribution in [2.45, 2.75) is 38.5 Å². The monoisotopic (exact) mass is 485 g/mol. The first-order chi connectivity index (χ1) is 16.2. The van der Waals surface area contributed by atoms with Crippen LogP contribution in [0, 0.1) is 26.7 Å². The molecule has 2 aliphatic heterocycles. The van der Waals surface area contributed by atoms with Crippen LogP contribution in [0.15, 0.2) is 41.3 Å². The molecule has 2 saturated heterocycles. The Morgan fingerprint density at radius 1 is 0.912 bits per heavy atom. The second-order valence-electron chi connectivity index (χ2n) is 9.34. The molecule has 0 aromatic heterocycles. The Kier molecular flexibility index (Phi) is 7.19. The molecule has 4 rings (SSSR count). The summed E-state index contributed by atoms with van der Waals surface area (Å²) in [5.41, 5.74) is 4.61. The van der Waals surface area contributed by atoms with E-state index in [0.717, 1.165) is 18.7 Å². The molecular formula is C26H35N3O4S. The molecule has 0 aliphatic carbocycles. The number of piperidine rings is 1. The molecular weight excluding hydrogens is 450 g/mol. The lowest BCUT2D eigenvalue weighted by Crippen LogP contribution is -2.52. The largest absolute Gasteiger partial charge is 0.496 e. The van der Waals surface area contributed by atoms with Crippen LogP contribution in [0.2, 0.25) is 0 Å². The lowest BCUT2D eigenvalue weighted by molar-refractivity contribution is -0.137. The first-order valence-electron chi connectivity index (χ1n) is 12.0. The molecule has 2 fully saturated rings. The third kappa shape index (κ3) is 4.79. The zero-order chi connectivity index (χ0) is 24.5. The van der Waals surface area contributed by atoms with Gasteiger partial charge >= 0.3 is 0 Å². The molecule has 8 heteroatoms. The van der Waals surface area contributed by atoms with E-state index in [0.29, 0.717) is 44.8 Å². The van der Waals surface area contributed by atoms with Crippen LogP contribution in [0.1, 0.15) is 29.5 Å². The Labute approximate surface area is 203 Å². The minimum absolute atomic E-state index is 0.115. The molecule has 0 atom stereocenters. The first-order valence-corrected chi connectivity index (χ1v) is 13.4. The van der Waals surface area contributed by atoms with Gasteiger partial charge in [0.1, 0.15) is 5.75 Å². The van der Waals surface area contributed by atoms with E-state index in [9.17, 15) is 13.2 Å². The van der Waals surface area contributed by atoms with Gasteiger partial charge in [-0.1, -0.05) is 12.1 Å². The number of carbonyl (C=O) groups is 1. The van der Waals surface area contributed by atoms with E-state index < -0.39 is 10.0 Å². The molecule has 2 heterocycles. The van der Waals surface area contributed by atoms with E-state index >= 15 is 0 Å². The van der Waals surface area contributed by atoms with E-state index in [4.69, 9.17) is 4.74 Å². The normalized spacial score (nSPS) is 18.2. The molecule has 0 saturated carbocycles. The van der Waals surface area contributed by atoms with Crippen molar-refractivity contribution in [2.75, 3.05) is 51.3 Å². The van der Waals surface area contributed by atoms with Crippen molar-refractivity contribution in [2.24, 2.45) is 5.92 Å². The minimum atomic E-state index is -3.58. The summed E-state index contributed by atoms with van der Waals surface area (Å²) in [4.78, 5) is 17.8. The Bertz CT molecular complexity index is 1150. The van der Waals surface area contributed by atoms with Gasteiger partial charge in [0.15, 0.2) is 0 Å². The number of methoxy groups -OCH3 is 1. The van der Waals surface area contributed by atoms with Crippen LogP contribution in [-0.2, 0) is 14.8 Å². The molecule has 0 bridgehead atoms. The van der Waals surface area contributed by atoms with E-state index in [2.05, 4.69) is 36.9 Å². The Morgan fingerprint density at radius 2 is 1.59 bits per heavy atom. The second-order valence-corrected chi connectivity index (χ2v) is 11.3. The number of hydrogen-bond donors (Lipinski definition) is 0. The molecule has 184 valence electrons. The van der Waals surface area contributed by atoms with Crippen LogP contribution >= 0.6 is 0 Å².